The Labute approximate surface area is 101 Å². The Kier molecular flexibility index (Phi) is 3.31. The summed E-state index contributed by atoms with van der Waals surface area (Å²) < 4.78 is 0. The Hall–Kier alpha value is -1.27. The van der Waals surface area contributed by atoms with Gasteiger partial charge in [-0.25, -0.2) is 9.97 Å². The van der Waals surface area contributed by atoms with E-state index in [-0.39, 0.29) is 5.91 Å². The van der Waals surface area contributed by atoms with E-state index >= 15 is 0 Å². The summed E-state index contributed by atoms with van der Waals surface area (Å²) in [5, 5.41) is 6.51. The van der Waals surface area contributed by atoms with Gasteiger partial charge in [-0.1, -0.05) is 0 Å². The van der Waals surface area contributed by atoms with Crippen molar-refractivity contribution < 1.29 is 4.79 Å². The zero-order valence-corrected chi connectivity index (χ0v) is 10.6. The third kappa shape index (κ3) is 2.45. The normalized spacial score (nSPS) is 10.4. The van der Waals surface area contributed by atoms with Crippen LogP contribution in [0.2, 0.25) is 0 Å². The van der Waals surface area contributed by atoms with Crippen LogP contribution in [0.25, 0.3) is 0 Å². The molecule has 0 aliphatic rings. The van der Waals surface area contributed by atoms with E-state index in [1.54, 1.807) is 6.20 Å². The number of aryl methyl sites for hydroxylation is 2. The average molecular weight is 253 g/mol. The van der Waals surface area contributed by atoms with Crippen molar-refractivity contribution >= 4 is 28.6 Å². The van der Waals surface area contributed by atoms with Crippen LogP contribution in [0, 0.1) is 13.8 Å². The number of hydrogen-bond acceptors (Lipinski definition) is 5. The molecule has 2 heterocycles. The van der Waals surface area contributed by atoms with Gasteiger partial charge < -0.3 is 5.32 Å². The van der Waals surface area contributed by atoms with Crippen LogP contribution in [-0.4, -0.2) is 15.9 Å². The van der Waals surface area contributed by atoms with Gasteiger partial charge in [0.1, 0.15) is 10.7 Å². The Morgan fingerprint density at radius 2 is 2.31 bits per heavy atom. The third-order valence-corrected chi connectivity index (χ3v) is 3.67. The summed E-state index contributed by atoms with van der Waals surface area (Å²) in [7, 11) is 0. The number of aromatic nitrogens is 2. The highest BCUT2D eigenvalue weighted by Gasteiger charge is 2.13. The molecule has 0 unspecified atom stereocenters. The molecule has 6 heteroatoms. The second kappa shape index (κ2) is 4.71. The highest BCUT2D eigenvalue weighted by Crippen LogP contribution is 2.16. The molecule has 84 valence electrons. The molecule has 2 aromatic rings. The summed E-state index contributed by atoms with van der Waals surface area (Å²) in [5.74, 6) is -0.128. The molecule has 16 heavy (non-hydrogen) atoms. The topological polar surface area (TPSA) is 54.9 Å². The number of thiazole rings is 2. The van der Waals surface area contributed by atoms with Crippen molar-refractivity contribution in [2.24, 2.45) is 0 Å². The van der Waals surface area contributed by atoms with Gasteiger partial charge in [0.15, 0.2) is 0 Å². The van der Waals surface area contributed by atoms with Crippen molar-refractivity contribution in [3.8, 4) is 0 Å². The average Bonchev–Trinajstić information content (AvgIpc) is 2.84. The van der Waals surface area contributed by atoms with Gasteiger partial charge in [0.2, 0.25) is 0 Å². The molecule has 0 aliphatic heterocycles. The number of nitrogens with zero attached hydrogens (tertiary/aromatic N) is 2. The highest BCUT2D eigenvalue weighted by molar-refractivity contribution is 7.11. The maximum Gasteiger partial charge on any atom is 0.271 e. The summed E-state index contributed by atoms with van der Waals surface area (Å²) in [4.78, 5) is 21.0. The van der Waals surface area contributed by atoms with Crippen LogP contribution in [0.5, 0.6) is 0 Å². The molecule has 0 aromatic carbocycles. The molecule has 0 atom stereocenters. The number of hydrogen-bond donors (Lipinski definition) is 1. The zero-order chi connectivity index (χ0) is 11.5. The van der Waals surface area contributed by atoms with Crippen molar-refractivity contribution in [3.05, 3.63) is 32.2 Å². The van der Waals surface area contributed by atoms with E-state index in [0.717, 1.165) is 14.9 Å². The minimum Gasteiger partial charge on any atom is -0.344 e. The number of amides is 1. The lowest BCUT2D eigenvalue weighted by Crippen LogP contribution is -2.23. The molecule has 2 rings (SSSR count). The summed E-state index contributed by atoms with van der Waals surface area (Å²) in [6.07, 6.45) is 1.73. The molecular formula is C10H11N3OS2. The first-order chi connectivity index (χ1) is 7.66. The fourth-order valence-electron chi connectivity index (χ4n) is 1.32. The number of carbonyl (C=O) groups is 1. The lowest BCUT2D eigenvalue weighted by Gasteiger charge is -2.00. The number of rotatable bonds is 3. The molecule has 0 radical (unpaired) electrons. The molecular weight excluding hydrogens is 242 g/mol. The van der Waals surface area contributed by atoms with E-state index < -0.39 is 0 Å². The van der Waals surface area contributed by atoms with E-state index in [4.69, 9.17) is 0 Å². The maximum absolute atomic E-state index is 11.8. The molecule has 0 aliphatic carbocycles. The standard InChI is InChI=1S/C10H11N3OS2/c1-6-9(13-7(2)16-6)10(14)12-5-8-11-3-4-15-8/h3-4H,5H2,1-2H3,(H,12,14). The van der Waals surface area contributed by atoms with Gasteiger partial charge in [0.05, 0.1) is 11.6 Å². The largest absolute Gasteiger partial charge is 0.344 e. The first-order valence-electron chi connectivity index (χ1n) is 4.77. The molecule has 4 nitrogen and oxygen atoms in total. The van der Waals surface area contributed by atoms with Crippen molar-refractivity contribution in [2.45, 2.75) is 20.4 Å². The monoisotopic (exact) mass is 253 g/mol. The van der Waals surface area contributed by atoms with Gasteiger partial charge >= 0.3 is 0 Å². The fourth-order valence-corrected chi connectivity index (χ4v) is 2.69. The summed E-state index contributed by atoms with van der Waals surface area (Å²) >= 11 is 3.06. The Morgan fingerprint density at radius 1 is 1.50 bits per heavy atom. The predicted molar refractivity (Wildman–Crippen MR) is 64.9 cm³/mol. The minimum atomic E-state index is -0.128. The highest BCUT2D eigenvalue weighted by atomic mass is 32.1. The minimum absolute atomic E-state index is 0.128. The van der Waals surface area contributed by atoms with E-state index in [0.29, 0.717) is 12.2 Å². The van der Waals surface area contributed by atoms with Crippen molar-refractivity contribution in [1.29, 1.82) is 0 Å². The van der Waals surface area contributed by atoms with Gasteiger partial charge in [-0.2, -0.15) is 0 Å². The van der Waals surface area contributed by atoms with Crippen LogP contribution in [0.1, 0.15) is 25.4 Å². The first-order valence-corrected chi connectivity index (χ1v) is 6.47. The summed E-state index contributed by atoms with van der Waals surface area (Å²) in [6.45, 7) is 4.27. The molecule has 1 N–H and O–H groups in total. The fraction of sp³-hybridized carbons (Fsp3) is 0.300. The van der Waals surface area contributed by atoms with Crippen molar-refractivity contribution in [3.63, 3.8) is 0 Å². The van der Waals surface area contributed by atoms with E-state index in [2.05, 4.69) is 15.3 Å². The Balaban J connectivity index is 2.01. The van der Waals surface area contributed by atoms with Crippen LogP contribution in [-0.2, 0) is 6.54 Å². The Morgan fingerprint density at radius 3 is 2.88 bits per heavy atom. The molecule has 0 spiro atoms. The van der Waals surface area contributed by atoms with Crippen molar-refractivity contribution in [1.82, 2.24) is 15.3 Å². The molecule has 2 aromatic heterocycles. The van der Waals surface area contributed by atoms with Gasteiger partial charge in [0, 0.05) is 16.5 Å². The quantitative estimate of drug-likeness (QED) is 0.912. The van der Waals surface area contributed by atoms with Gasteiger partial charge in [-0.05, 0) is 13.8 Å². The van der Waals surface area contributed by atoms with Crippen LogP contribution in [0.3, 0.4) is 0 Å². The SMILES string of the molecule is Cc1nc(C(=O)NCc2nccs2)c(C)s1. The number of carbonyl (C=O) groups excluding carboxylic acids is 1. The predicted octanol–water partition coefficient (Wildman–Crippen LogP) is 2.15. The van der Waals surface area contributed by atoms with Gasteiger partial charge in [-0.15, -0.1) is 22.7 Å². The lowest BCUT2D eigenvalue weighted by atomic mass is 10.3. The van der Waals surface area contributed by atoms with Gasteiger partial charge in [0.25, 0.3) is 5.91 Å². The second-order valence-electron chi connectivity index (χ2n) is 3.25. The molecule has 0 saturated carbocycles. The molecule has 1 amide bonds. The van der Waals surface area contributed by atoms with Crippen LogP contribution in [0.4, 0.5) is 0 Å². The third-order valence-electron chi connectivity index (χ3n) is 2.00. The molecule has 0 fully saturated rings. The summed E-state index contributed by atoms with van der Waals surface area (Å²) in [6, 6.07) is 0. The van der Waals surface area contributed by atoms with Crippen molar-refractivity contribution in [2.75, 3.05) is 0 Å². The number of nitrogens with one attached hydrogen (secondary N) is 1. The van der Waals surface area contributed by atoms with Crippen LogP contribution >= 0.6 is 22.7 Å². The van der Waals surface area contributed by atoms with E-state index in [1.165, 1.54) is 22.7 Å². The smallest absolute Gasteiger partial charge is 0.271 e. The zero-order valence-electron chi connectivity index (χ0n) is 8.98. The summed E-state index contributed by atoms with van der Waals surface area (Å²) in [5.41, 5.74) is 0.527. The molecule has 0 bridgehead atoms. The lowest BCUT2D eigenvalue weighted by molar-refractivity contribution is 0.0946. The maximum atomic E-state index is 11.8. The van der Waals surface area contributed by atoms with Crippen LogP contribution < -0.4 is 5.32 Å². The molecule has 0 saturated heterocycles. The van der Waals surface area contributed by atoms with Crippen LogP contribution in [0.15, 0.2) is 11.6 Å². The van der Waals surface area contributed by atoms with Gasteiger partial charge in [-0.3, -0.25) is 4.79 Å². The van der Waals surface area contributed by atoms with E-state index in [9.17, 15) is 4.79 Å². The Bertz CT molecular complexity index is 490. The second-order valence-corrected chi connectivity index (χ2v) is 5.63. The first kappa shape index (κ1) is 11.2. The van der Waals surface area contributed by atoms with E-state index in [1.807, 2.05) is 19.2 Å².